The van der Waals surface area contributed by atoms with E-state index in [0.717, 1.165) is 35.7 Å². The van der Waals surface area contributed by atoms with Gasteiger partial charge in [0, 0.05) is 36.2 Å². The lowest BCUT2D eigenvalue weighted by atomic mass is 10.1. The summed E-state index contributed by atoms with van der Waals surface area (Å²) in [4.78, 5) is 7.75. The quantitative estimate of drug-likeness (QED) is 0.387. The number of nitrogens with zero attached hydrogens (tertiary/aromatic N) is 1. The number of hydrogen-bond donors (Lipinski definition) is 3. The van der Waals surface area contributed by atoms with Gasteiger partial charge < -0.3 is 15.6 Å². The highest BCUT2D eigenvalue weighted by atomic mass is 127. The number of halogens is 2. The number of aliphatic imine (C=N–C) groups is 1. The van der Waals surface area contributed by atoms with Crippen molar-refractivity contribution in [3.63, 3.8) is 0 Å². The van der Waals surface area contributed by atoms with Crippen molar-refractivity contribution in [3.05, 3.63) is 35.8 Å². The molecule has 0 amide bonds. The average Bonchev–Trinajstić information content (AvgIpc) is 3.03. The lowest BCUT2D eigenvalue weighted by Crippen LogP contribution is -2.39. The summed E-state index contributed by atoms with van der Waals surface area (Å²) in [6.07, 6.45) is 4.00. The van der Waals surface area contributed by atoms with E-state index >= 15 is 0 Å². The lowest BCUT2D eigenvalue weighted by Gasteiger charge is -2.10. The van der Waals surface area contributed by atoms with Crippen LogP contribution in [0.25, 0.3) is 10.9 Å². The molecule has 1 fully saturated rings. The fourth-order valence-corrected chi connectivity index (χ4v) is 2.67. The molecular weight excluding hydrogens is 406 g/mol. The van der Waals surface area contributed by atoms with Crippen LogP contribution in [0.3, 0.4) is 0 Å². The first-order valence-corrected chi connectivity index (χ1v) is 7.97. The van der Waals surface area contributed by atoms with E-state index in [2.05, 4.69) is 34.5 Å². The molecular formula is C17H24FIN4. The lowest BCUT2D eigenvalue weighted by molar-refractivity contribution is 0.629. The molecule has 1 aromatic heterocycles. The van der Waals surface area contributed by atoms with Gasteiger partial charge in [0.25, 0.3) is 0 Å². The molecule has 3 rings (SSSR count). The van der Waals surface area contributed by atoms with Gasteiger partial charge >= 0.3 is 0 Å². The third kappa shape index (κ3) is 4.59. The van der Waals surface area contributed by atoms with E-state index in [0.29, 0.717) is 12.6 Å². The molecule has 2 atom stereocenters. The Bertz CT molecular complexity index is 682. The molecule has 3 N–H and O–H groups in total. The molecule has 1 aromatic carbocycles. The fourth-order valence-electron chi connectivity index (χ4n) is 2.67. The number of benzene rings is 1. The Morgan fingerprint density at radius 2 is 2.22 bits per heavy atom. The summed E-state index contributed by atoms with van der Waals surface area (Å²) in [5.74, 6) is 1.42. The van der Waals surface area contributed by atoms with Crippen LogP contribution in [-0.2, 0) is 6.42 Å². The maximum Gasteiger partial charge on any atom is 0.191 e. The molecule has 2 aromatic rings. The first-order valence-electron chi connectivity index (χ1n) is 7.97. The molecule has 126 valence electrons. The van der Waals surface area contributed by atoms with Crippen LogP contribution < -0.4 is 10.6 Å². The summed E-state index contributed by atoms with van der Waals surface area (Å²) in [5, 5.41) is 7.80. The minimum absolute atomic E-state index is 0. The smallest absolute Gasteiger partial charge is 0.191 e. The van der Waals surface area contributed by atoms with E-state index in [9.17, 15) is 4.39 Å². The summed E-state index contributed by atoms with van der Waals surface area (Å²) in [7, 11) is 0. The Labute approximate surface area is 153 Å². The first-order chi connectivity index (χ1) is 10.7. The Kier molecular flexibility index (Phi) is 6.26. The van der Waals surface area contributed by atoms with Crippen LogP contribution in [0.1, 0.15) is 25.8 Å². The maximum atomic E-state index is 13.2. The Morgan fingerprint density at radius 3 is 2.91 bits per heavy atom. The first kappa shape index (κ1) is 18.0. The number of H-pyrrole nitrogens is 1. The van der Waals surface area contributed by atoms with Gasteiger partial charge in [-0.05, 0) is 49.4 Å². The van der Waals surface area contributed by atoms with Crippen molar-refractivity contribution in [2.45, 2.75) is 32.7 Å². The molecule has 4 nitrogen and oxygen atoms in total. The number of guanidine groups is 1. The molecule has 0 radical (unpaired) electrons. The zero-order valence-corrected chi connectivity index (χ0v) is 15.9. The third-order valence-corrected chi connectivity index (χ3v) is 4.16. The number of aromatic nitrogens is 1. The average molecular weight is 430 g/mol. The Morgan fingerprint density at radius 1 is 1.43 bits per heavy atom. The van der Waals surface area contributed by atoms with E-state index in [4.69, 9.17) is 0 Å². The molecule has 1 saturated carbocycles. The molecule has 0 bridgehead atoms. The van der Waals surface area contributed by atoms with Gasteiger partial charge in [-0.15, -0.1) is 24.0 Å². The molecule has 23 heavy (non-hydrogen) atoms. The van der Waals surface area contributed by atoms with Crippen LogP contribution in [0.15, 0.2) is 29.4 Å². The molecule has 0 saturated heterocycles. The molecule has 1 aliphatic carbocycles. The largest absolute Gasteiger partial charge is 0.361 e. The second-order valence-electron chi connectivity index (χ2n) is 5.98. The van der Waals surface area contributed by atoms with E-state index in [1.807, 2.05) is 12.3 Å². The van der Waals surface area contributed by atoms with Crippen molar-refractivity contribution >= 4 is 40.8 Å². The van der Waals surface area contributed by atoms with Crippen molar-refractivity contribution in [3.8, 4) is 0 Å². The second-order valence-corrected chi connectivity index (χ2v) is 5.98. The van der Waals surface area contributed by atoms with E-state index in [-0.39, 0.29) is 29.8 Å². The van der Waals surface area contributed by atoms with Gasteiger partial charge in [0.15, 0.2) is 5.96 Å². The van der Waals surface area contributed by atoms with Crippen LogP contribution in [0.5, 0.6) is 0 Å². The van der Waals surface area contributed by atoms with Gasteiger partial charge in [0.2, 0.25) is 0 Å². The van der Waals surface area contributed by atoms with Gasteiger partial charge in [0.1, 0.15) is 5.82 Å². The maximum absolute atomic E-state index is 13.2. The van der Waals surface area contributed by atoms with Gasteiger partial charge in [-0.25, -0.2) is 4.39 Å². The van der Waals surface area contributed by atoms with Crippen LogP contribution in [-0.4, -0.2) is 30.1 Å². The minimum Gasteiger partial charge on any atom is -0.361 e. The van der Waals surface area contributed by atoms with Crippen LogP contribution >= 0.6 is 24.0 Å². The standard InChI is InChI=1S/C17H23FN4.HI/c1-3-19-17(22-15-8-11(15)2)20-7-6-12-10-21-16-9-13(18)4-5-14(12)16;/h4-5,9-11,15,21H,3,6-8H2,1-2H3,(H2,19,20,22);1H. The van der Waals surface area contributed by atoms with E-state index < -0.39 is 0 Å². The Balaban J connectivity index is 0.00000192. The molecule has 2 unspecified atom stereocenters. The number of fused-ring (bicyclic) bond motifs is 1. The number of nitrogens with one attached hydrogen (secondary N) is 3. The van der Waals surface area contributed by atoms with Crippen molar-refractivity contribution in [2.24, 2.45) is 10.9 Å². The fraction of sp³-hybridized carbons (Fsp3) is 0.471. The number of aromatic amines is 1. The molecule has 0 aliphatic heterocycles. The molecule has 6 heteroatoms. The Hall–Kier alpha value is -1.31. The van der Waals surface area contributed by atoms with Crippen molar-refractivity contribution < 1.29 is 4.39 Å². The summed E-state index contributed by atoms with van der Waals surface area (Å²) < 4.78 is 13.2. The second kappa shape index (κ2) is 7.99. The van der Waals surface area contributed by atoms with Gasteiger partial charge in [-0.1, -0.05) is 6.92 Å². The monoisotopic (exact) mass is 430 g/mol. The minimum atomic E-state index is -0.212. The summed E-state index contributed by atoms with van der Waals surface area (Å²) in [6.45, 7) is 5.88. The summed E-state index contributed by atoms with van der Waals surface area (Å²) in [6, 6.07) is 5.43. The summed E-state index contributed by atoms with van der Waals surface area (Å²) in [5.41, 5.74) is 2.02. The van der Waals surface area contributed by atoms with Crippen LogP contribution in [0.2, 0.25) is 0 Å². The highest BCUT2D eigenvalue weighted by molar-refractivity contribution is 14.0. The molecule has 0 spiro atoms. The summed E-state index contributed by atoms with van der Waals surface area (Å²) >= 11 is 0. The van der Waals surface area contributed by atoms with Crippen LogP contribution in [0, 0.1) is 11.7 Å². The number of rotatable bonds is 5. The predicted molar refractivity (Wildman–Crippen MR) is 104 cm³/mol. The van der Waals surface area contributed by atoms with Crippen molar-refractivity contribution in [2.75, 3.05) is 13.1 Å². The third-order valence-electron chi connectivity index (χ3n) is 4.16. The number of hydrogen-bond acceptors (Lipinski definition) is 1. The molecule has 1 aliphatic rings. The van der Waals surface area contributed by atoms with Crippen molar-refractivity contribution in [1.82, 2.24) is 15.6 Å². The van der Waals surface area contributed by atoms with Gasteiger partial charge in [-0.2, -0.15) is 0 Å². The highest BCUT2D eigenvalue weighted by Crippen LogP contribution is 2.28. The van der Waals surface area contributed by atoms with Gasteiger partial charge in [-0.3, -0.25) is 4.99 Å². The SMILES string of the molecule is CCNC(=NCCc1c[nH]c2cc(F)ccc12)NC1CC1C.I. The van der Waals surface area contributed by atoms with Gasteiger partial charge in [0.05, 0.1) is 0 Å². The predicted octanol–water partition coefficient (Wildman–Crippen LogP) is 3.43. The highest BCUT2D eigenvalue weighted by Gasteiger charge is 2.33. The van der Waals surface area contributed by atoms with E-state index in [1.54, 1.807) is 0 Å². The topological polar surface area (TPSA) is 52.2 Å². The van der Waals surface area contributed by atoms with E-state index in [1.165, 1.54) is 24.1 Å². The molecule has 1 heterocycles. The van der Waals surface area contributed by atoms with Crippen LogP contribution in [0.4, 0.5) is 4.39 Å². The van der Waals surface area contributed by atoms with Crippen molar-refractivity contribution in [1.29, 1.82) is 0 Å². The zero-order valence-electron chi connectivity index (χ0n) is 13.5. The zero-order chi connectivity index (χ0) is 15.5. The normalized spacial score (nSPS) is 20.2.